The van der Waals surface area contributed by atoms with Crippen LogP contribution in [0.25, 0.3) is 0 Å². The van der Waals surface area contributed by atoms with Crippen molar-refractivity contribution in [1.82, 2.24) is 5.32 Å². The zero-order valence-electron chi connectivity index (χ0n) is 12.2. The number of methoxy groups -OCH3 is 1. The Hall–Kier alpha value is -1.39. The summed E-state index contributed by atoms with van der Waals surface area (Å²) >= 11 is 0. The summed E-state index contributed by atoms with van der Waals surface area (Å²) < 4.78 is 10.5. The topological polar surface area (TPSA) is 47.6 Å². The Morgan fingerprint density at radius 2 is 2.20 bits per heavy atom. The molecule has 0 aromatic heterocycles. The monoisotopic (exact) mass is 277 g/mol. The maximum absolute atomic E-state index is 11.9. The van der Waals surface area contributed by atoms with E-state index in [1.165, 1.54) is 7.11 Å². The van der Waals surface area contributed by atoms with Crippen LogP contribution in [0.4, 0.5) is 0 Å². The summed E-state index contributed by atoms with van der Waals surface area (Å²) in [4.78, 5) is 11.9. The third-order valence-electron chi connectivity index (χ3n) is 3.98. The van der Waals surface area contributed by atoms with E-state index in [9.17, 15) is 4.79 Å². The summed E-state index contributed by atoms with van der Waals surface area (Å²) in [5.41, 5.74) is 0.988. The van der Waals surface area contributed by atoms with E-state index in [-0.39, 0.29) is 11.9 Å². The summed E-state index contributed by atoms with van der Waals surface area (Å²) in [5.74, 6) is 0.0855. The van der Waals surface area contributed by atoms with Crippen molar-refractivity contribution in [3.8, 4) is 0 Å². The van der Waals surface area contributed by atoms with Gasteiger partial charge in [-0.2, -0.15) is 0 Å². The van der Waals surface area contributed by atoms with E-state index in [0.29, 0.717) is 18.6 Å². The Kier molecular flexibility index (Phi) is 5.56. The van der Waals surface area contributed by atoms with Gasteiger partial charge >= 0.3 is 5.97 Å². The molecule has 0 bridgehead atoms. The fourth-order valence-corrected chi connectivity index (χ4v) is 2.62. The van der Waals surface area contributed by atoms with Gasteiger partial charge in [-0.05, 0) is 24.8 Å². The number of ether oxygens (including phenoxy) is 2. The molecule has 1 aliphatic heterocycles. The number of carbonyl (C=O) groups is 1. The van der Waals surface area contributed by atoms with Gasteiger partial charge in [-0.3, -0.25) is 4.79 Å². The molecule has 1 heterocycles. The van der Waals surface area contributed by atoms with Gasteiger partial charge in [-0.15, -0.1) is 0 Å². The molecule has 1 aliphatic rings. The lowest BCUT2D eigenvalue weighted by Gasteiger charge is -2.19. The molecule has 1 saturated heterocycles. The summed E-state index contributed by atoms with van der Waals surface area (Å²) in [6.45, 7) is 4.42. The van der Waals surface area contributed by atoms with Gasteiger partial charge in [0.1, 0.15) is 0 Å². The molecule has 0 aliphatic carbocycles. The molecule has 3 atom stereocenters. The van der Waals surface area contributed by atoms with Gasteiger partial charge in [0.2, 0.25) is 0 Å². The fraction of sp³-hybridized carbons (Fsp3) is 0.562. The second-order valence-electron chi connectivity index (χ2n) is 5.27. The highest BCUT2D eigenvalue weighted by atomic mass is 16.5. The Morgan fingerprint density at radius 3 is 2.80 bits per heavy atom. The minimum Gasteiger partial charge on any atom is -0.469 e. The highest BCUT2D eigenvalue weighted by Crippen LogP contribution is 2.20. The van der Waals surface area contributed by atoms with Crippen molar-refractivity contribution in [3.63, 3.8) is 0 Å². The van der Waals surface area contributed by atoms with Crippen molar-refractivity contribution in [3.05, 3.63) is 35.9 Å². The number of esters is 1. The highest BCUT2D eigenvalue weighted by molar-refractivity contribution is 5.78. The molecule has 0 radical (unpaired) electrons. The standard InChI is InChI=1S/C16H23NO3/c1-12-14(8-9-20-12)10-17-11-15(16(18)19-2)13-6-4-3-5-7-13/h3-7,12,14-15,17H,8-11H2,1-2H3. The Balaban J connectivity index is 1.90. The second-order valence-corrected chi connectivity index (χ2v) is 5.27. The van der Waals surface area contributed by atoms with Crippen molar-refractivity contribution < 1.29 is 14.3 Å². The summed E-state index contributed by atoms with van der Waals surface area (Å²) in [6, 6.07) is 9.76. The summed E-state index contributed by atoms with van der Waals surface area (Å²) in [5, 5.41) is 3.39. The van der Waals surface area contributed by atoms with Crippen LogP contribution in [0.2, 0.25) is 0 Å². The smallest absolute Gasteiger partial charge is 0.314 e. The van der Waals surface area contributed by atoms with Gasteiger partial charge < -0.3 is 14.8 Å². The summed E-state index contributed by atoms with van der Waals surface area (Å²) in [7, 11) is 1.44. The van der Waals surface area contributed by atoms with Gasteiger partial charge in [-0.25, -0.2) is 0 Å². The largest absolute Gasteiger partial charge is 0.469 e. The number of hydrogen-bond donors (Lipinski definition) is 1. The molecule has 0 spiro atoms. The Labute approximate surface area is 120 Å². The zero-order chi connectivity index (χ0) is 14.4. The second kappa shape index (κ2) is 7.41. The fourth-order valence-electron chi connectivity index (χ4n) is 2.62. The highest BCUT2D eigenvalue weighted by Gasteiger charge is 2.25. The Morgan fingerprint density at radius 1 is 1.45 bits per heavy atom. The molecular weight excluding hydrogens is 254 g/mol. The number of rotatable bonds is 6. The number of nitrogens with one attached hydrogen (secondary N) is 1. The number of carbonyl (C=O) groups excluding carboxylic acids is 1. The molecule has 20 heavy (non-hydrogen) atoms. The normalized spacial score (nSPS) is 23.5. The Bertz CT molecular complexity index is 421. The van der Waals surface area contributed by atoms with Crippen LogP contribution in [0.15, 0.2) is 30.3 Å². The number of hydrogen-bond acceptors (Lipinski definition) is 4. The van der Waals surface area contributed by atoms with E-state index < -0.39 is 0 Å². The van der Waals surface area contributed by atoms with Crippen molar-refractivity contribution >= 4 is 5.97 Å². The first-order valence-electron chi connectivity index (χ1n) is 7.17. The predicted octanol–water partition coefficient (Wildman–Crippen LogP) is 1.96. The molecule has 2 rings (SSSR count). The first-order chi connectivity index (χ1) is 9.72. The van der Waals surface area contributed by atoms with Gasteiger partial charge in [0.15, 0.2) is 0 Å². The van der Waals surface area contributed by atoms with Gasteiger partial charge in [0.05, 0.1) is 19.1 Å². The van der Waals surface area contributed by atoms with E-state index in [0.717, 1.165) is 25.1 Å². The molecule has 1 aromatic carbocycles. The molecule has 3 unspecified atom stereocenters. The number of benzene rings is 1. The van der Waals surface area contributed by atoms with E-state index in [4.69, 9.17) is 9.47 Å². The molecule has 1 aromatic rings. The molecule has 1 fully saturated rings. The molecule has 4 nitrogen and oxygen atoms in total. The molecule has 1 N–H and O–H groups in total. The van der Waals surface area contributed by atoms with E-state index in [1.54, 1.807) is 0 Å². The average Bonchev–Trinajstić information content (AvgIpc) is 2.89. The van der Waals surface area contributed by atoms with Crippen molar-refractivity contribution in [1.29, 1.82) is 0 Å². The van der Waals surface area contributed by atoms with Crippen LogP contribution in [0.3, 0.4) is 0 Å². The van der Waals surface area contributed by atoms with Crippen molar-refractivity contribution in [2.24, 2.45) is 5.92 Å². The minimum absolute atomic E-state index is 0.195. The van der Waals surface area contributed by atoms with E-state index >= 15 is 0 Å². The molecule has 4 heteroatoms. The SMILES string of the molecule is COC(=O)C(CNCC1CCOC1C)c1ccccc1. The van der Waals surface area contributed by atoms with Gasteiger partial charge in [-0.1, -0.05) is 30.3 Å². The van der Waals surface area contributed by atoms with Crippen LogP contribution in [-0.4, -0.2) is 38.9 Å². The van der Waals surface area contributed by atoms with Crippen LogP contribution in [0.5, 0.6) is 0 Å². The van der Waals surface area contributed by atoms with Crippen molar-refractivity contribution in [2.75, 3.05) is 26.8 Å². The van der Waals surface area contributed by atoms with Crippen LogP contribution in [0, 0.1) is 5.92 Å². The molecular formula is C16H23NO3. The van der Waals surface area contributed by atoms with Crippen LogP contribution < -0.4 is 5.32 Å². The van der Waals surface area contributed by atoms with E-state index in [2.05, 4.69) is 12.2 Å². The predicted molar refractivity (Wildman–Crippen MR) is 77.6 cm³/mol. The van der Waals surface area contributed by atoms with Crippen LogP contribution in [-0.2, 0) is 14.3 Å². The third kappa shape index (κ3) is 3.81. The van der Waals surface area contributed by atoms with Gasteiger partial charge in [0.25, 0.3) is 0 Å². The first-order valence-corrected chi connectivity index (χ1v) is 7.17. The third-order valence-corrected chi connectivity index (χ3v) is 3.98. The van der Waals surface area contributed by atoms with Crippen LogP contribution in [0.1, 0.15) is 24.8 Å². The lowest BCUT2D eigenvalue weighted by Crippen LogP contribution is -2.33. The first kappa shape index (κ1) is 15.0. The summed E-state index contributed by atoms with van der Waals surface area (Å²) in [6.07, 6.45) is 1.39. The lowest BCUT2D eigenvalue weighted by atomic mass is 9.98. The van der Waals surface area contributed by atoms with Gasteiger partial charge in [0, 0.05) is 19.7 Å². The average molecular weight is 277 g/mol. The molecule has 0 saturated carbocycles. The quantitative estimate of drug-likeness (QED) is 0.808. The molecule has 0 amide bonds. The van der Waals surface area contributed by atoms with Crippen LogP contribution >= 0.6 is 0 Å². The van der Waals surface area contributed by atoms with Crippen molar-refractivity contribution in [2.45, 2.75) is 25.4 Å². The maximum atomic E-state index is 11.9. The zero-order valence-corrected chi connectivity index (χ0v) is 12.2. The maximum Gasteiger partial charge on any atom is 0.314 e. The molecule has 110 valence electrons. The minimum atomic E-state index is -0.251. The van der Waals surface area contributed by atoms with E-state index in [1.807, 2.05) is 30.3 Å². The lowest BCUT2D eigenvalue weighted by molar-refractivity contribution is -0.142.